The maximum absolute atomic E-state index is 12.1. The number of aromatic nitrogens is 1. The topological polar surface area (TPSA) is 51.7 Å². The van der Waals surface area contributed by atoms with E-state index in [2.05, 4.69) is 4.98 Å². The summed E-state index contributed by atoms with van der Waals surface area (Å²) < 4.78 is 11.3. The molecule has 0 aromatic carbocycles. The van der Waals surface area contributed by atoms with Crippen LogP contribution in [0, 0.1) is 6.92 Å². The van der Waals surface area contributed by atoms with E-state index < -0.39 is 5.60 Å². The van der Waals surface area contributed by atoms with E-state index in [1.807, 2.05) is 33.8 Å². The van der Waals surface area contributed by atoms with Crippen LogP contribution in [0.15, 0.2) is 18.5 Å². The molecule has 1 fully saturated rings. The average molecular weight is 292 g/mol. The van der Waals surface area contributed by atoms with Gasteiger partial charge in [-0.1, -0.05) is 0 Å². The van der Waals surface area contributed by atoms with E-state index >= 15 is 0 Å². The standard InChI is InChI=1S/C16H24N2O3/c1-12-8-14(10-17-9-12)20-13-6-5-7-18(11-13)15(19)21-16(2,3)4/h8-10,13H,5-7,11H2,1-4H3. The Morgan fingerprint density at radius 3 is 2.81 bits per heavy atom. The van der Waals surface area contributed by atoms with Gasteiger partial charge >= 0.3 is 6.09 Å². The molecule has 21 heavy (non-hydrogen) atoms. The molecule has 116 valence electrons. The molecule has 5 heteroatoms. The lowest BCUT2D eigenvalue weighted by Gasteiger charge is -2.34. The number of ether oxygens (including phenoxy) is 2. The number of piperidine rings is 1. The first kappa shape index (κ1) is 15.6. The molecule has 0 saturated carbocycles. The average Bonchev–Trinajstić information content (AvgIpc) is 2.37. The summed E-state index contributed by atoms with van der Waals surface area (Å²) in [5.41, 5.74) is 0.595. The Bertz CT molecular complexity index is 497. The minimum Gasteiger partial charge on any atom is -0.487 e. The Hall–Kier alpha value is -1.78. The minimum absolute atomic E-state index is 0.00475. The van der Waals surface area contributed by atoms with Crippen molar-refractivity contribution in [2.75, 3.05) is 13.1 Å². The van der Waals surface area contributed by atoms with Crippen LogP contribution in [-0.4, -0.2) is 40.8 Å². The fraction of sp³-hybridized carbons (Fsp3) is 0.625. The Morgan fingerprint density at radius 2 is 2.14 bits per heavy atom. The van der Waals surface area contributed by atoms with Crippen LogP contribution >= 0.6 is 0 Å². The van der Waals surface area contributed by atoms with E-state index in [-0.39, 0.29) is 12.2 Å². The molecule has 0 spiro atoms. The SMILES string of the molecule is Cc1cncc(OC2CCCN(C(=O)OC(C)(C)C)C2)c1. The predicted molar refractivity (Wildman–Crippen MR) is 80.4 cm³/mol. The fourth-order valence-corrected chi connectivity index (χ4v) is 2.31. The number of likely N-dealkylation sites (tertiary alicyclic amines) is 1. The summed E-state index contributed by atoms with van der Waals surface area (Å²) in [6.45, 7) is 8.89. The minimum atomic E-state index is -0.467. The molecule has 1 aromatic rings. The van der Waals surface area contributed by atoms with E-state index in [1.54, 1.807) is 17.3 Å². The summed E-state index contributed by atoms with van der Waals surface area (Å²) in [4.78, 5) is 17.9. The fourth-order valence-electron chi connectivity index (χ4n) is 2.31. The number of pyridine rings is 1. The van der Waals surface area contributed by atoms with Crippen molar-refractivity contribution in [2.45, 2.75) is 52.2 Å². The summed E-state index contributed by atoms with van der Waals surface area (Å²) in [7, 11) is 0. The highest BCUT2D eigenvalue weighted by Gasteiger charge is 2.28. The van der Waals surface area contributed by atoms with Gasteiger partial charge < -0.3 is 14.4 Å². The van der Waals surface area contributed by atoms with Crippen molar-refractivity contribution in [1.29, 1.82) is 0 Å². The molecule has 1 aliphatic heterocycles. The van der Waals surface area contributed by atoms with Crippen LogP contribution in [0.25, 0.3) is 0 Å². The summed E-state index contributed by atoms with van der Waals surface area (Å²) >= 11 is 0. The number of aryl methyl sites for hydroxylation is 1. The van der Waals surface area contributed by atoms with Gasteiger partial charge in [0.1, 0.15) is 17.5 Å². The molecule has 1 aromatic heterocycles. The van der Waals surface area contributed by atoms with Gasteiger partial charge in [0.05, 0.1) is 12.7 Å². The van der Waals surface area contributed by atoms with Crippen molar-refractivity contribution in [3.05, 3.63) is 24.0 Å². The van der Waals surface area contributed by atoms with Crippen molar-refractivity contribution in [3.8, 4) is 5.75 Å². The van der Waals surface area contributed by atoms with Crippen LogP contribution in [0.1, 0.15) is 39.2 Å². The van der Waals surface area contributed by atoms with Crippen LogP contribution in [-0.2, 0) is 4.74 Å². The normalized spacial score (nSPS) is 19.2. The third-order valence-corrected chi connectivity index (χ3v) is 3.18. The van der Waals surface area contributed by atoms with Gasteiger partial charge in [-0.15, -0.1) is 0 Å². The third-order valence-electron chi connectivity index (χ3n) is 3.18. The molecule has 5 nitrogen and oxygen atoms in total. The van der Waals surface area contributed by atoms with Gasteiger partial charge in [0.2, 0.25) is 0 Å². The highest BCUT2D eigenvalue weighted by atomic mass is 16.6. The van der Waals surface area contributed by atoms with Gasteiger partial charge in [-0.3, -0.25) is 4.98 Å². The van der Waals surface area contributed by atoms with Crippen molar-refractivity contribution >= 4 is 6.09 Å². The number of rotatable bonds is 2. The zero-order valence-corrected chi connectivity index (χ0v) is 13.3. The number of carbonyl (C=O) groups is 1. The second-order valence-corrected chi connectivity index (χ2v) is 6.51. The Balaban J connectivity index is 1.93. The first-order valence-electron chi connectivity index (χ1n) is 7.40. The molecular formula is C16H24N2O3. The quantitative estimate of drug-likeness (QED) is 0.840. The lowest BCUT2D eigenvalue weighted by atomic mass is 10.1. The van der Waals surface area contributed by atoms with Gasteiger partial charge in [-0.2, -0.15) is 0 Å². The van der Waals surface area contributed by atoms with Crippen molar-refractivity contribution in [1.82, 2.24) is 9.88 Å². The highest BCUT2D eigenvalue weighted by Crippen LogP contribution is 2.20. The van der Waals surface area contributed by atoms with Crippen LogP contribution in [0.5, 0.6) is 5.75 Å². The largest absolute Gasteiger partial charge is 0.487 e. The molecule has 1 atom stereocenters. The second-order valence-electron chi connectivity index (χ2n) is 6.51. The third kappa shape index (κ3) is 4.92. The van der Waals surface area contributed by atoms with Gasteiger partial charge in [-0.05, 0) is 52.2 Å². The molecule has 1 amide bonds. The van der Waals surface area contributed by atoms with Crippen LogP contribution in [0.4, 0.5) is 4.79 Å². The Labute approximate surface area is 126 Å². The Morgan fingerprint density at radius 1 is 1.38 bits per heavy atom. The summed E-state index contributed by atoms with van der Waals surface area (Å²) in [6, 6.07) is 1.96. The van der Waals surface area contributed by atoms with Crippen molar-refractivity contribution in [3.63, 3.8) is 0 Å². The monoisotopic (exact) mass is 292 g/mol. The first-order chi connectivity index (χ1) is 9.83. The van der Waals surface area contributed by atoms with E-state index in [0.717, 1.165) is 30.7 Å². The van der Waals surface area contributed by atoms with E-state index in [1.165, 1.54) is 0 Å². The van der Waals surface area contributed by atoms with E-state index in [9.17, 15) is 4.79 Å². The van der Waals surface area contributed by atoms with E-state index in [0.29, 0.717) is 6.54 Å². The number of carbonyl (C=O) groups excluding carboxylic acids is 1. The molecule has 1 unspecified atom stereocenters. The van der Waals surface area contributed by atoms with Crippen LogP contribution in [0.3, 0.4) is 0 Å². The molecule has 2 rings (SSSR count). The molecule has 1 saturated heterocycles. The molecule has 0 bridgehead atoms. The lowest BCUT2D eigenvalue weighted by molar-refractivity contribution is 0.00771. The molecule has 0 aliphatic carbocycles. The molecular weight excluding hydrogens is 268 g/mol. The zero-order valence-electron chi connectivity index (χ0n) is 13.3. The molecule has 1 aliphatic rings. The molecule has 0 N–H and O–H groups in total. The summed E-state index contributed by atoms with van der Waals surface area (Å²) in [5.74, 6) is 0.756. The summed E-state index contributed by atoms with van der Waals surface area (Å²) in [6.07, 6.45) is 5.09. The number of hydrogen-bond donors (Lipinski definition) is 0. The summed E-state index contributed by atoms with van der Waals surface area (Å²) in [5, 5.41) is 0. The van der Waals surface area contributed by atoms with Crippen LogP contribution in [0.2, 0.25) is 0 Å². The maximum atomic E-state index is 12.1. The van der Waals surface area contributed by atoms with Gasteiger partial charge in [0, 0.05) is 12.7 Å². The van der Waals surface area contributed by atoms with E-state index in [4.69, 9.17) is 9.47 Å². The molecule has 0 radical (unpaired) electrons. The van der Waals surface area contributed by atoms with Gasteiger partial charge in [0.15, 0.2) is 0 Å². The predicted octanol–water partition coefficient (Wildman–Crippen LogP) is 3.17. The number of hydrogen-bond acceptors (Lipinski definition) is 4. The highest BCUT2D eigenvalue weighted by molar-refractivity contribution is 5.68. The first-order valence-corrected chi connectivity index (χ1v) is 7.40. The lowest BCUT2D eigenvalue weighted by Crippen LogP contribution is -2.46. The maximum Gasteiger partial charge on any atom is 0.410 e. The number of nitrogens with zero attached hydrogens (tertiary/aromatic N) is 2. The Kier molecular flexibility index (Phi) is 4.70. The van der Waals surface area contributed by atoms with Gasteiger partial charge in [-0.25, -0.2) is 4.79 Å². The molecule has 2 heterocycles. The van der Waals surface area contributed by atoms with Crippen LogP contribution < -0.4 is 4.74 Å². The smallest absolute Gasteiger partial charge is 0.410 e. The van der Waals surface area contributed by atoms with Crippen molar-refractivity contribution in [2.24, 2.45) is 0 Å². The van der Waals surface area contributed by atoms with Gasteiger partial charge in [0.25, 0.3) is 0 Å². The zero-order chi connectivity index (χ0) is 15.5. The van der Waals surface area contributed by atoms with Crippen molar-refractivity contribution < 1.29 is 14.3 Å². The second kappa shape index (κ2) is 6.33. The number of amides is 1.